The highest BCUT2D eigenvalue weighted by Gasteiger charge is 2.26. The third-order valence-electron chi connectivity index (χ3n) is 9.59. The van der Waals surface area contributed by atoms with E-state index in [-0.39, 0.29) is 11.7 Å². The van der Waals surface area contributed by atoms with E-state index in [1.807, 2.05) is 24.4 Å². The summed E-state index contributed by atoms with van der Waals surface area (Å²) in [5.74, 6) is 1.84. The van der Waals surface area contributed by atoms with Crippen LogP contribution in [0.5, 0.6) is 5.88 Å². The van der Waals surface area contributed by atoms with Gasteiger partial charge >= 0.3 is 5.97 Å². The van der Waals surface area contributed by atoms with Crippen LogP contribution in [0.25, 0.3) is 21.9 Å². The predicted octanol–water partition coefficient (Wildman–Crippen LogP) is 5.64. The van der Waals surface area contributed by atoms with Crippen LogP contribution in [0.4, 0.5) is 0 Å². The van der Waals surface area contributed by atoms with Crippen LogP contribution < -0.4 is 4.74 Å². The fraction of sp³-hybridized carbons (Fsp3) is 0.429. The highest BCUT2D eigenvalue weighted by Crippen LogP contribution is 2.32. The molecular weight excluding hydrogens is 568 g/mol. The molecule has 0 spiro atoms. The number of likely N-dealkylation sites (tertiary alicyclic amines) is 1. The topological polar surface area (TPSA) is 108 Å². The number of carboxylic acids is 1. The lowest BCUT2D eigenvalue weighted by molar-refractivity contribution is -0.0592. The maximum absolute atomic E-state index is 11.6. The third kappa shape index (κ3) is 6.04. The van der Waals surface area contributed by atoms with Gasteiger partial charge in [0.25, 0.3) is 0 Å². The average molecular weight is 607 g/mol. The molecule has 1 saturated carbocycles. The molecule has 10 nitrogen and oxygen atoms in total. The normalized spacial score (nSPS) is 19.2. The van der Waals surface area contributed by atoms with E-state index in [0.29, 0.717) is 24.9 Å². The summed E-state index contributed by atoms with van der Waals surface area (Å²) in [6.07, 6.45) is 7.75. The minimum absolute atomic E-state index is 0.152. The monoisotopic (exact) mass is 606 g/mol. The number of imidazole rings is 1. The Bertz CT molecular complexity index is 1850. The van der Waals surface area contributed by atoms with Crippen LogP contribution >= 0.6 is 0 Å². The van der Waals surface area contributed by atoms with Crippen molar-refractivity contribution >= 4 is 27.9 Å². The van der Waals surface area contributed by atoms with Gasteiger partial charge in [-0.05, 0) is 87.0 Å². The number of hydrogen-bond acceptors (Lipinski definition) is 7. The maximum Gasteiger partial charge on any atom is 0.335 e. The van der Waals surface area contributed by atoms with Crippen molar-refractivity contribution < 1.29 is 19.4 Å². The predicted molar refractivity (Wildman–Crippen MR) is 169 cm³/mol. The summed E-state index contributed by atoms with van der Waals surface area (Å²) < 4.78 is 16.2. The average Bonchev–Trinajstić information content (AvgIpc) is 3.68. The van der Waals surface area contributed by atoms with Gasteiger partial charge in [0.1, 0.15) is 12.4 Å². The lowest BCUT2D eigenvalue weighted by Crippen LogP contribution is -2.35. The van der Waals surface area contributed by atoms with Crippen LogP contribution in [0.2, 0.25) is 0 Å². The van der Waals surface area contributed by atoms with Gasteiger partial charge in [0.05, 0.1) is 47.5 Å². The van der Waals surface area contributed by atoms with Gasteiger partial charge in [-0.3, -0.25) is 9.58 Å². The second kappa shape index (κ2) is 11.9. The summed E-state index contributed by atoms with van der Waals surface area (Å²) in [6.45, 7) is 5.55. The third-order valence-corrected chi connectivity index (χ3v) is 9.59. The summed E-state index contributed by atoms with van der Waals surface area (Å²) >= 11 is 0. The van der Waals surface area contributed by atoms with Crippen LogP contribution in [-0.2, 0) is 31.0 Å². The van der Waals surface area contributed by atoms with Gasteiger partial charge in [-0.1, -0.05) is 18.2 Å². The first kappa shape index (κ1) is 28.2. The first-order valence-corrected chi connectivity index (χ1v) is 16.2. The van der Waals surface area contributed by atoms with Gasteiger partial charge < -0.3 is 19.1 Å². The Balaban J connectivity index is 0.909. The number of rotatable bonds is 11. The Hall–Kier alpha value is -4.28. The van der Waals surface area contributed by atoms with Crippen LogP contribution in [0, 0.1) is 5.92 Å². The zero-order chi connectivity index (χ0) is 30.3. The molecule has 2 aromatic carbocycles. The first-order chi connectivity index (χ1) is 22.1. The Morgan fingerprint density at radius 1 is 0.956 bits per heavy atom. The molecule has 0 unspecified atom stereocenters. The molecule has 2 saturated heterocycles. The standard InChI is InChI=1S/C35H38N6O4/c42-35(43)26-8-9-30-32(17-26)40(20-28-12-15-44-28)33(37-30)21-39-13-10-25(11-14-39)29-2-1-3-34(38-29)45-22-24-6-7-27-18-36-41(31(27)16-24)19-23-4-5-23/h1-3,6-9,16-18,23,25,28H,4-5,10-15,19-22H2,(H,42,43)/t28-/m0/s1. The maximum atomic E-state index is 11.6. The van der Waals surface area contributed by atoms with E-state index in [4.69, 9.17) is 19.4 Å². The molecule has 3 aliphatic rings. The number of benzene rings is 2. The molecule has 3 aromatic heterocycles. The van der Waals surface area contributed by atoms with Crippen molar-refractivity contribution in [3.8, 4) is 5.88 Å². The van der Waals surface area contributed by atoms with Crippen LogP contribution in [0.15, 0.2) is 60.8 Å². The zero-order valence-corrected chi connectivity index (χ0v) is 25.3. The molecular formula is C35H38N6O4. The smallest absolute Gasteiger partial charge is 0.335 e. The fourth-order valence-corrected chi connectivity index (χ4v) is 6.64. The second-order valence-corrected chi connectivity index (χ2v) is 12.8. The van der Waals surface area contributed by atoms with Crippen molar-refractivity contribution in [2.24, 2.45) is 5.92 Å². The number of pyridine rings is 1. The summed E-state index contributed by atoms with van der Waals surface area (Å²) in [6, 6.07) is 17.7. The molecule has 10 heteroatoms. The number of aromatic carboxylic acids is 1. The van der Waals surface area contributed by atoms with Gasteiger partial charge in [-0.2, -0.15) is 5.10 Å². The number of carboxylic acid groups (broad SMARTS) is 1. The minimum atomic E-state index is -0.926. The highest BCUT2D eigenvalue weighted by atomic mass is 16.5. The molecule has 1 aliphatic carbocycles. The zero-order valence-electron chi connectivity index (χ0n) is 25.3. The molecule has 45 heavy (non-hydrogen) atoms. The van der Waals surface area contributed by atoms with E-state index in [0.717, 1.165) is 86.1 Å². The second-order valence-electron chi connectivity index (χ2n) is 12.8. The van der Waals surface area contributed by atoms with Gasteiger partial charge in [-0.25, -0.2) is 14.8 Å². The molecule has 0 radical (unpaired) electrons. The fourth-order valence-electron chi connectivity index (χ4n) is 6.64. The van der Waals surface area contributed by atoms with Gasteiger partial charge in [0.2, 0.25) is 5.88 Å². The minimum Gasteiger partial charge on any atom is -0.478 e. The van der Waals surface area contributed by atoms with E-state index in [9.17, 15) is 9.90 Å². The van der Waals surface area contributed by atoms with Crippen LogP contribution in [0.1, 0.15) is 65.5 Å². The number of piperidine rings is 1. The molecule has 3 fully saturated rings. The molecule has 5 aromatic rings. The number of aromatic nitrogens is 5. The molecule has 2 aliphatic heterocycles. The van der Waals surface area contributed by atoms with Gasteiger partial charge in [0, 0.05) is 36.2 Å². The summed E-state index contributed by atoms with van der Waals surface area (Å²) in [7, 11) is 0. The summed E-state index contributed by atoms with van der Waals surface area (Å²) in [4.78, 5) is 23.9. The molecule has 0 bridgehead atoms. The number of hydrogen-bond donors (Lipinski definition) is 1. The van der Waals surface area contributed by atoms with Crippen molar-refractivity contribution in [3.05, 3.63) is 83.4 Å². The summed E-state index contributed by atoms with van der Waals surface area (Å²) in [5, 5.41) is 15.3. The Kier molecular flexibility index (Phi) is 7.46. The Labute approximate surface area is 261 Å². The number of carbonyl (C=O) groups is 1. The number of ether oxygens (including phenoxy) is 2. The molecule has 232 valence electrons. The van der Waals surface area contributed by atoms with Gasteiger partial charge in [-0.15, -0.1) is 0 Å². The van der Waals surface area contributed by atoms with E-state index in [1.54, 1.807) is 12.1 Å². The quantitative estimate of drug-likeness (QED) is 0.206. The summed E-state index contributed by atoms with van der Waals surface area (Å²) in [5.41, 5.74) is 5.35. The lowest BCUT2D eigenvalue weighted by atomic mass is 9.93. The molecule has 5 heterocycles. The highest BCUT2D eigenvalue weighted by molar-refractivity contribution is 5.92. The van der Waals surface area contributed by atoms with E-state index in [2.05, 4.69) is 43.5 Å². The number of nitrogens with zero attached hydrogens (tertiary/aromatic N) is 6. The van der Waals surface area contributed by atoms with Crippen LogP contribution in [0.3, 0.4) is 0 Å². The van der Waals surface area contributed by atoms with E-state index >= 15 is 0 Å². The molecule has 1 N–H and O–H groups in total. The van der Waals surface area contributed by atoms with Crippen molar-refractivity contribution in [1.29, 1.82) is 0 Å². The van der Waals surface area contributed by atoms with E-state index in [1.165, 1.54) is 23.7 Å². The van der Waals surface area contributed by atoms with Crippen molar-refractivity contribution in [2.75, 3.05) is 19.7 Å². The van der Waals surface area contributed by atoms with Gasteiger partial charge in [0.15, 0.2) is 0 Å². The van der Waals surface area contributed by atoms with Crippen molar-refractivity contribution in [2.45, 2.75) is 70.4 Å². The molecule has 1 atom stereocenters. The largest absolute Gasteiger partial charge is 0.478 e. The molecule has 8 rings (SSSR count). The Morgan fingerprint density at radius 3 is 2.60 bits per heavy atom. The first-order valence-electron chi connectivity index (χ1n) is 16.2. The SMILES string of the molecule is O=C(O)c1ccc2nc(CN3CCC(c4cccc(OCc5ccc6cnn(CC7CC7)c6c5)n4)CC3)n(C[C@@H]3CCO3)c2c1. The molecule has 0 amide bonds. The van der Waals surface area contributed by atoms with Crippen molar-refractivity contribution in [1.82, 2.24) is 29.2 Å². The van der Waals surface area contributed by atoms with Crippen LogP contribution in [-0.4, -0.2) is 66.1 Å². The van der Waals surface area contributed by atoms with Crippen molar-refractivity contribution in [3.63, 3.8) is 0 Å². The Morgan fingerprint density at radius 2 is 1.82 bits per heavy atom. The number of fused-ring (bicyclic) bond motifs is 2. The van der Waals surface area contributed by atoms with E-state index < -0.39 is 5.97 Å². The lowest BCUT2D eigenvalue weighted by Gasteiger charge is -2.32.